The summed E-state index contributed by atoms with van der Waals surface area (Å²) in [5.74, 6) is 2.79. The van der Waals surface area contributed by atoms with Crippen LogP contribution in [0.15, 0.2) is 33.2 Å². The molecule has 0 fully saturated rings. The molecule has 6 heteroatoms. The van der Waals surface area contributed by atoms with Crippen LogP contribution in [0.5, 0.6) is 11.6 Å². The molecule has 0 aliphatic rings. The van der Waals surface area contributed by atoms with Gasteiger partial charge in [0.05, 0.1) is 4.47 Å². The lowest BCUT2D eigenvalue weighted by molar-refractivity contribution is 0.456. The van der Waals surface area contributed by atoms with Crippen LogP contribution in [0.4, 0.5) is 5.82 Å². The highest BCUT2D eigenvalue weighted by molar-refractivity contribution is 9.11. The topological polar surface area (TPSA) is 47.0 Å². The van der Waals surface area contributed by atoms with Gasteiger partial charge in [-0.3, -0.25) is 0 Å². The van der Waals surface area contributed by atoms with Gasteiger partial charge in [0.25, 0.3) is 0 Å². The Kier molecular flexibility index (Phi) is 5.37. The maximum atomic E-state index is 5.83. The second-order valence-corrected chi connectivity index (χ2v) is 5.95. The second-order valence-electron chi connectivity index (χ2n) is 4.18. The number of ether oxygens (including phenoxy) is 1. The van der Waals surface area contributed by atoms with Crippen molar-refractivity contribution < 1.29 is 4.74 Å². The number of aromatic nitrogens is 2. The van der Waals surface area contributed by atoms with Crippen LogP contribution in [-0.2, 0) is 6.42 Å². The number of rotatable bonds is 5. The number of halogens is 2. The van der Waals surface area contributed by atoms with Gasteiger partial charge < -0.3 is 10.1 Å². The highest BCUT2D eigenvalue weighted by atomic mass is 79.9. The molecule has 0 saturated heterocycles. The monoisotopic (exact) mass is 399 g/mol. The van der Waals surface area contributed by atoms with Crippen molar-refractivity contribution in [2.45, 2.75) is 19.8 Å². The van der Waals surface area contributed by atoms with Gasteiger partial charge in [-0.2, -0.15) is 4.98 Å². The van der Waals surface area contributed by atoms with E-state index in [0.717, 1.165) is 39.2 Å². The Balaban J connectivity index is 2.29. The number of hydrogen-bond donors (Lipinski definition) is 1. The van der Waals surface area contributed by atoms with Gasteiger partial charge in [-0.05, 0) is 40.5 Å². The van der Waals surface area contributed by atoms with Crippen LogP contribution in [0.1, 0.15) is 19.2 Å². The van der Waals surface area contributed by atoms with E-state index in [-0.39, 0.29) is 0 Å². The Bertz CT molecular complexity index is 605. The molecule has 1 N–H and O–H groups in total. The molecule has 0 unspecified atom stereocenters. The fraction of sp³-hybridized carbons (Fsp3) is 0.286. The minimum Gasteiger partial charge on any atom is -0.438 e. The van der Waals surface area contributed by atoms with Crippen molar-refractivity contribution in [2.75, 3.05) is 12.4 Å². The minimum atomic E-state index is 0.538. The van der Waals surface area contributed by atoms with Gasteiger partial charge in [0, 0.05) is 24.0 Å². The molecule has 2 aromatic rings. The zero-order chi connectivity index (χ0) is 14.5. The third-order valence-corrected chi connectivity index (χ3v) is 3.70. The Morgan fingerprint density at radius 3 is 2.65 bits per heavy atom. The molecule has 0 saturated carbocycles. The van der Waals surface area contributed by atoms with Gasteiger partial charge in [0.15, 0.2) is 0 Å². The summed E-state index contributed by atoms with van der Waals surface area (Å²) in [4.78, 5) is 8.82. The summed E-state index contributed by atoms with van der Waals surface area (Å²) in [7, 11) is 1.83. The Morgan fingerprint density at radius 1 is 1.20 bits per heavy atom. The quantitative estimate of drug-likeness (QED) is 0.783. The summed E-state index contributed by atoms with van der Waals surface area (Å²) in [6.45, 7) is 2.10. The lowest BCUT2D eigenvalue weighted by Crippen LogP contribution is -2.02. The second kappa shape index (κ2) is 7.04. The van der Waals surface area contributed by atoms with Crippen LogP contribution in [0.3, 0.4) is 0 Å². The molecule has 0 aliphatic heterocycles. The third kappa shape index (κ3) is 3.93. The van der Waals surface area contributed by atoms with E-state index in [4.69, 9.17) is 4.74 Å². The standard InChI is InChI=1S/C14H15Br2N3O/c1-3-4-12-18-13(17-2)8-14(19-12)20-11-6-5-9(15)7-10(11)16/h5-8H,3-4H2,1-2H3,(H,17,18,19). The normalized spacial score (nSPS) is 10.4. The minimum absolute atomic E-state index is 0.538. The number of aryl methyl sites for hydroxylation is 1. The van der Waals surface area contributed by atoms with Crippen LogP contribution >= 0.6 is 31.9 Å². The molecule has 106 valence electrons. The van der Waals surface area contributed by atoms with E-state index in [0.29, 0.717) is 5.88 Å². The number of nitrogens with one attached hydrogen (secondary N) is 1. The van der Waals surface area contributed by atoms with Gasteiger partial charge in [0.1, 0.15) is 17.4 Å². The molecule has 1 aromatic carbocycles. The fourth-order valence-electron chi connectivity index (χ4n) is 1.66. The molecule has 20 heavy (non-hydrogen) atoms. The van der Waals surface area contributed by atoms with E-state index < -0.39 is 0 Å². The first-order chi connectivity index (χ1) is 9.62. The van der Waals surface area contributed by atoms with Crippen molar-refractivity contribution >= 4 is 37.7 Å². The van der Waals surface area contributed by atoms with E-state index in [2.05, 4.69) is 54.1 Å². The summed E-state index contributed by atoms with van der Waals surface area (Å²) in [6, 6.07) is 7.53. The van der Waals surface area contributed by atoms with Crippen LogP contribution in [0, 0.1) is 0 Å². The largest absolute Gasteiger partial charge is 0.438 e. The zero-order valence-corrected chi connectivity index (χ0v) is 14.5. The molecule has 1 aromatic heterocycles. The van der Waals surface area contributed by atoms with Crippen LogP contribution in [-0.4, -0.2) is 17.0 Å². The summed E-state index contributed by atoms with van der Waals surface area (Å²) in [5, 5.41) is 3.03. The number of hydrogen-bond acceptors (Lipinski definition) is 4. The molecule has 0 amide bonds. The lowest BCUT2D eigenvalue weighted by atomic mass is 10.3. The first-order valence-corrected chi connectivity index (χ1v) is 7.89. The molecule has 2 rings (SSSR count). The van der Waals surface area contributed by atoms with Gasteiger partial charge >= 0.3 is 0 Å². The smallest absolute Gasteiger partial charge is 0.224 e. The van der Waals surface area contributed by atoms with E-state index >= 15 is 0 Å². The molecule has 1 heterocycles. The number of anilines is 1. The Morgan fingerprint density at radius 2 is 2.00 bits per heavy atom. The maximum Gasteiger partial charge on any atom is 0.224 e. The lowest BCUT2D eigenvalue weighted by Gasteiger charge is -2.10. The summed E-state index contributed by atoms with van der Waals surface area (Å²) < 4.78 is 7.69. The van der Waals surface area contributed by atoms with Crippen molar-refractivity contribution in [1.82, 2.24) is 9.97 Å². The van der Waals surface area contributed by atoms with Gasteiger partial charge in [-0.15, -0.1) is 0 Å². The third-order valence-electron chi connectivity index (χ3n) is 2.59. The van der Waals surface area contributed by atoms with Crippen molar-refractivity contribution in [1.29, 1.82) is 0 Å². The average Bonchev–Trinajstić information content (AvgIpc) is 2.42. The van der Waals surface area contributed by atoms with Gasteiger partial charge in [0.2, 0.25) is 5.88 Å². The number of nitrogens with zero attached hydrogens (tertiary/aromatic N) is 2. The number of benzene rings is 1. The van der Waals surface area contributed by atoms with Crippen molar-refractivity contribution in [3.63, 3.8) is 0 Å². The Labute approximate surface area is 135 Å². The molecule has 0 spiro atoms. The summed E-state index contributed by atoms with van der Waals surface area (Å²) in [5.41, 5.74) is 0. The van der Waals surface area contributed by atoms with Crippen molar-refractivity contribution in [2.24, 2.45) is 0 Å². The molecule has 0 radical (unpaired) electrons. The summed E-state index contributed by atoms with van der Waals surface area (Å²) in [6.07, 6.45) is 1.82. The molecular weight excluding hydrogens is 386 g/mol. The van der Waals surface area contributed by atoms with Crippen LogP contribution in [0.25, 0.3) is 0 Å². The summed E-state index contributed by atoms with van der Waals surface area (Å²) >= 11 is 6.89. The molecule has 4 nitrogen and oxygen atoms in total. The highest BCUT2D eigenvalue weighted by Crippen LogP contribution is 2.31. The van der Waals surface area contributed by atoms with E-state index in [1.54, 1.807) is 6.07 Å². The van der Waals surface area contributed by atoms with Gasteiger partial charge in [-0.25, -0.2) is 4.98 Å². The molecule has 0 bridgehead atoms. The van der Waals surface area contributed by atoms with Gasteiger partial charge in [-0.1, -0.05) is 22.9 Å². The predicted molar refractivity (Wildman–Crippen MR) is 87.5 cm³/mol. The van der Waals surface area contributed by atoms with E-state index in [1.807, 2.05) is 25.2 Å². The first kappa shape index (κ1) is 15.3. The van der Waals surface area contributed by atoms with Crippen LogP contribution < -0.4 is 10.1 Å². The first-order valence-electron chi connectivity index (χ1n) is 6.31. The van der Waals surface area contributed by atoms with Crippen LogP contribution in [0.2, 0.25) is 0 Å². The maximum absolute atomic E-state index is 5.83. The van der Waals surface area contributed by atoms with E-state index in [9.17, 15) is 0 Å². The van der Waals surface area contributed by atoms with Crippen molar-refractivity contribution in [3.05, 3.63) is 39.0 Å². The fourth-order valence-corrected chi connectivity index (χ4v) is 2.79. The molecule has 0 atom stereocenters. The molecule has 0 aliphatic carbocycles. The van der Waals surface area contributed by atoms with E-state index in [1.165, 1.54) is 0 Å². The molecular formula is C14H15Br2N3O. The predicted octanol–water partition coefficient (Wildman–Crippen LogP) is 4.79. The zero-order valence-electron chi connectivity index (χ0n) is 11.3. The SMILES string of the molecule is CCCc1nc(NC)cc(Oc2ccc(Br)cc2Br)n1. The highest BCUT2D eigenvalue weighted by Gasteiger charge is 2.08. The van der Waals surface area contributed by atoms with Crippen molar-refractivity contribution in [3.8, 4) is 11.6 Å². The Hall–Kier alpha value is -1.14. The average molecular weight is 401 g/mol.